The van der Waals surface area contributed by atoms with Crippen LogP contribution in [0.15, 0.2) is 115 Å². The van der Waals surface area contributed by atoms with Gasteiger partial charge in [0.15, 0.2) is 0 Å². The maximum Gasteiger partial charge on any atom is 0.338 e. The average Bonchev–Trinajstić information content (AvgIpc) is 3.46. The molecule has 5 aromatic rings. The fraction of sp³-hybridized carbons (Fsp3) is 0.0857. The van der Waals surface area contributed by atoms with Crippen LogP contribution < -0.4 is 10.2 Å². The highest BCUT2D eigenvalue weighted by molar-refractivity contribution is 6.41. The van der Waals surface area contributed by atoms with Crippen molar-refractivity contribution >= 4 is 34.9 Å². The molecule has 1 aliphatic rings. The Morgan fingerprint density at radius 1 is 0.814 bits per heavy atom. The first-order valence-electron chi connectivity index (χ1n) is 13.9. The number of para-hydroxylation sites is 1. The van der Waals surface area contributed by atoms with Crippen molar-refractivity contribution in [2.24, 2.45) is 0 Å². The van der Waals surface area contributed by atoms with E-state index in [4.69, 9.17) is 9.84 Å². The molecule has 43 heavy (non-hydrogen) atoms. The Morgan fingerprint density at radius 3 is 2.19 bits per heavy atom. The molecule has 2 amide bonds. The van der Waals surface area contributed by atoms with E-state index in [1.165, 1.54) is 0 Å². The molecular formula is C35H28N4O4. The standard InChI is InChI=1S/C35H28N4O4/c1-3-43-35(42)25-17-19-26(20-18-25)38-33(40)29-12-8-7-11-28(29)30(34(38)41)22-36-32-21-31(24-15-13-23(2)14-16-24)37-39(32)27-9-5-4-6-10-27/h4-22,36H,3H2,1-2H3/b30-22-. The van der Waals surface area contributed by atoms with E-state index in [2.05, 4.69) is 5.32 Å². The summed E-state index contributed by atoms with van der Waals surface area (Å²) in [6.45, 7) is 4.01. The number of nitrogens with zero attached hydrogens (tertiary/aromatic N) is 3. The van der Waals surface area contributed by atoms with Gasteiger partial charge in [-0.1, -0.05) is 66.2 Å². The number of esters is 1. The minimum absolute atomic E-state index is 0.247. The molecule has 0 unspecified atom stereocenters. The molecule has 0 spiro atoms. The van der Waals surface area contributed by atoms with E-state index >= 15 is 0 Å². The summed E-state index contributed by atoms with van der Waals surface area (Å²) in [6.07, 6.45) is 1.61. The Morgan fingerprint density at radius 2 is 1.49 bits per heavy atom. The van der Waals surface area contributed by atoms with Gasteiger partial charge in [0.2, 0.25) is 0 Å². The van der Waals surface area contributed by atoms with E-state index in [9.17, 15) is 14.4 Å². The zero-order valence-electron chi connectivity index (χ0n) is 23.7. The quantitative estimate of drug-likeness (QED) is 0.134. The largest absolute Gasteiger partial charge is 0.462 e. The third-order valence-electron chi connectivity index (χ3n) is 7.14. The van der Waals surface area contributed by atoms with Crippen LogP contribution in [0.25, 0.3) is 22.5 Å². The molecule has 0 fully saturated rings. The molecule has 1 aliphatic heterocycles. The number of hydrogen-bond acceptors (Lipinski definition) is 6. The summed E-state index contributed by atoms with van der Waals surface area (Å²) in [5.74, 6) is -0.774. The predicted molar refractivity (Wildman–Crippen MR) is 166 cm³/mol. The lowest BCUT2D eigenvalue weighted by molar-refractivity contribution is -0.112. The van der Waals surface area contributed by atoms with Crippen LogP contribution >= 0.6 is 0 Å². The van der Waals surface area contributed by atoms with Gasteiger partial charge < -0.3 is 10.1 Å². The van der Waals surface area contributed by atoms with Gasteiger partial charge in [0, 0.05) is 29.0 Å². The Kier molecular flexibility index (Phi) is 7.41. The number of fused-ring (bicyclic) bond motifs is 1. The maximum atomic E-state index is 13.9. The molecule has 0 radical (unpaired) electrons. The zero-order valence-corrected chi connectivity index (χ0v) is 23.7. The molecule has 0 bridgehead atoms. The Labute approximate surface area is 248 Å². The molecule has 4 aromatic carbocycles. The summed E-state index contributed by atoms with van der Waals surface area (Å²) < 4.78 is 6.84. The molecule has 0 saturated heterocycles. The normalized spacial score (nSPS) is 13.6. The monoisotopic (exact) mass is 568 g/mol. The maximum absolute atomic E-state index is 13.9. The zero-order chi connectivity index (χ0) is 29.9. The van der Waals surface area contributed by atoms with E-state index in [0.29, 0.717) is 33.8 Å². The molecular weight excluding hydrogens is 540 g/mol. The van der Waals surface area contributed by atoms with Crippen LogP contribution in [0.4, 0.5) is 11.5 Å². The minimum atomic E-state index is -0.496. The highest BCUT2D eigenvalue weighted by atomic mass is 16.5. The van der Waals surface area contributed by atoms with Gasteiger partial charge in [0.25, 0.3) is 11.8 Å². The second kappa shape index (κ2) is 11.6. The second-order valence-corrected chi connectivity index (χ2v) is 9.99. The highest BCUT2D eigenvalue weighted by Crippen LogP contribution is 2.33. The van der Waals surface area contributed by atoms with Crippen LogP contribution in [-0.2, 0) is 9.53 Å². The van der Waals surface area contributed by atoms with Crippen molar-refractivity contribution in [1.29, 1.82) is 0 Å². The number of carbonyl (C=O) groups excluding carboxylic acids is 3. The topological polar surface area (TPSA) is 93.5 Å². The molecule has 6 rings (SSSR count). The third kappa shape index (κ3) is 5.34. The molecule has 1 N–H and O–H groups in total. The van der Waals surface area contributed by atoms with Gasteiger partial charge in [-0.25, -0.2) is 14.4 Å². The van der Waals surface area contributed by atoms with Gasteiger partial charge >= 0.3 is 5.97 Å². The van der Waals surface area contributed by atoms with Crippen LogP contribution in [-0.4, -0.2) is 34.2 Å². The number of benzene rings is 4. The first-order valence-corrected chi connectivity index (χ1v) is 13.9. The summed E-state index contributed by atoms with van der Waals surface area (Å²) in [4.78, 5) is 40.7. The van der Waals surface area contributed by atoms with Crippen molar-refractivity contribution in [3.8, 4) is 16.9 Å². The van der Waals surface area contributed by atoms with Crippen LogP contribution in [0.3, 0.4) is 0 Å². The number of nitrogens with one attached hydrogen (secondary N) is 1. The molecule has 2 heterocycles. The van der Waals surface area contributed by atoms with E-state index < -0.39 is 17.8 Å². The highest BCUT2D eigenvalue weighted by Gasteiger charge is 2.36. The van der Waals surface area contributed by atoms with Crippen LogP contribution in [0.1, 0.15) is 38.8 Å². The van der Waals surface area contributed by atoms with Gasteiger partial charge in [0.1, 0.15) is 5.82 Å². The molecule has 8 nitrogen and oxygen atoms in total. The molecule has 0 saturated carbocycles. The summed E-state index contributed by atoms with van der Waals surface area (Å²) in [5.41, 5.74) is 5.61. The molecule has 212 valence electrons. The van der Waals surface area contributed by atoms with Crippen molar-refractivity contribution in [2.75, 3.05) is 16.8 Å². The Hall–Kier alpha value is -5.76. The fourth-order valence-electron chi connectivity index (χ4n) is 4.95. The number of imide groups is 1. The number of anilines is 2. The Bertz CT molecular complexity index is 1860. The lowest BCUT2D eigenvalue weighted by Gasteiger charge is -2.28. The molecule has 0 atom stereocenters. The van der Waals surface area contributed by atoms with Gasteiger partial charge in [-0.3, -0.25) is 9.59 Å². The predicted octanol–water partition coefficient (Wildman–Crippen LogP) is 6.66. The van der Waals surface area contributed by atoms with E-state index in [-0.39, 0.29) is 6.61 Å². The van der Waals surface area contributed by atoms with Crippen LogP contribution in [0.2, 0.25) is 0 Å². The first-order chi connectivity index (χ1) is 20.9. The summed E-state index contributed by atoms with van der Waals surface area (Å²) in [5, 5.41) is 8.15. The lowest BCUT2D eigenvalue weighted by Crippen LogP contribution is -2.42. The van der Waals surface area contributed by atoms with Crippen LogP contribution in [0, 0.1) is 6.92 Å². The summed E-state index contributed by atoms with van der Waals surface area (Å²) in [7, 11) is 0. The van der Waals surface area contributed by atoms with Crippen LogP contribution in [0.5, 0.6) is 0 Å². The Balaban J connectivity index is 1.40. The van der Waals surface area contributed by atoms with Gasteiger partial charge in [0.05, 0.1) is 34.8 Å². The molecule has 8 heteroatoms. The summed E-state index contributed by atoms with van der Waals surface area (Å²) >= 11 is 0. The number of amides is 2. The SMILES string of the molecule is CCOC(=O)c1ccc(N2C(=O)/C(=C\Nc3cc(-c4ccc(C)cc4)nn3-c3ccccc3)c3ccccc3C2=O)cc1. The first kappa shape index (κ1) is 27.4. The van der Waals surface area contributed by atoms with Crippen molar-refractivity contribution in [3.63, 3.8) is 0 Å². The van der Waals surface area contributed by atoms with E-state index in [1.54, 1.807) is 66.3 Å². The number of aryl methyl sites for hydroxylation is 1. The second-order valence-electron chi connectivity index (χ2n) is 9.99. The van der Waals surface area contributed by atoms with Gasteiger partial charge in [-0.2, -0.15) is 5.10 Å². The molecule has 0 aliphatic carbocycles. The smallest absolute Gasteiger partial charge is 0.338 e. The van der Waals surface area contributed by atoms with Gasteiger partial charge in [-0.05, 0) is 56.3 Å². The fourth-order valence-corrected chi connectivity index (χ4v) is 4.95. The number of carbonyl (C=O) groups is 3. The van der Waals surface area contributed by atoms with E-state index in [0.717, 1.165) is 27.4 Å². The van der Waals surface area contributed by atoms with Crippen molar-refractivity contribution in [2.45, 2.75) is 13.8 Å². The lowest BCUT2D eigenvalue weighted by atomic mass is 9.93. The third-order valence-corrected chi connectivity index (χ3v) is 7.14. The van der Waals surface area contributed by atoms with Crippen molar-refractivity contribution in [3.05, 3.63) is 138 Å². The van der Waals surface area contributed by atoms with E-state index in [1.807, 2.05) is 67.6 Å². The molecule has 1 aromatic heterocycles. The number of hydrogen-bond donors (Lipinski definition) is 1. The number of aromatic nitrogens is 2. The van der Waals surface area contributed by atoms with Crippen molar-refractivity contribution in [1.82, 2.24) is 9.78 Å². The minimum Gasteiger partial charge on any atom is -0.462 e. The average molecular weight is 569 g/mol. The van der Waals surface area contributed by atoms with Gasteiger partial charge in [-0.15, -0.1) is 0 Å². The number of ether oxygens (including phenoxy) is 1. The number of rotatable bonds is 7. The summed E-state index contributed by atoms with van der Waals surface area (Å²) in [6, 6.07) is 33.0. The van der Waals surface area contributed by atoms with Crippen molar-refractivity contribution < 1.29 is 19.1 Å².